The van der Waals surface area contributed by atoms with E-state index in [1.165, 1.54) is 12.1 Å². The van der Waals surface area contributed by atoms with E-state index >= 15 is 0 Å². The molecule has 0 bridgehead atoms. The first kappa shape index (κ1) is 23.2. The highest BCUT2D eigenvalue weighted by molar-refractivity contribution is 5.93. The summed E-state index contributed by atoms with van der Waals surface area (Å²) < 4.78 is 40.4. The number of anilines is 2. The molecule has 30 heavy (non-hydrogen) atoms. The van der Waals surface area contributed by atoms with Crippen LogP contribution in [0.2, 0.25) is 0 Å². The van der Waals surface area contributed by atoms with Crippen molar-refractivity contribution in [2.24, 2.45) is 0 Å². The van der Waals surface area contributed by atoms with Crippen molar-refractivity contribution in [3.8, 4) is 5.75 Å². The molecule has 9 heteroatoms. The van der Waals surface area contributed by atoms with E-state index < -0.39 is 6.36 Å². The fraction of sp³-hybridized carbons (Fsp3) is 0.333. The number of carbonyl (C=O) groups excluding carboxylic acids is 2. The first-order valence-corrected chi connectivity index (χ1v) is 9.51. The van der Waals surface area contributed by atoms with Crippen LogP contribution >= 0.6 is 0 Å². The number of rotatable bonds is 9. The maximum atomic E-state index is 12.4. The number of nitrogens with one attached hydrogen (secondary N) is 3. The van der Waals surface area contributed by atoms with E-state index in [0.29, 0.717) is 12.2 Å². The molecule has 0 aliphatic heterocycles. The molecule has 0 heterocycles. The molecule has 1 atom stereocenters. The van der Waals surface area contributed by atoms with Gasteiger partial charge in [-0.15, -0.1) is 13.2 Å². The van der Waals surface area contributed by atoms with Crippen molar-refractivity contribution < 1.29 is 32.4 Å². The molecule has 3 N–H and O–H groups in total. The van der Waals surface area contributed by atoms with Gasteiger partial charge in [-0.3, -0.25) is 9.59 Å². The SMILES string of the molecule is CCC[NH+](CC(=O)Nc1ccc(OC(F)(F)F)cc1)CC(=O)Nc1ccccc1C. The van der Waals surface area contributed by atoms with Crippen molar-refractivity contribution >= 4 is 23.2 Å². The number of hydrogen-bond donors (Lipinski definition) is 3. The Morgan fingerprint density at radius 1 is 0.967 bits per heavy atom. The van der Waals surface area contributed by atoms with Gasteiger partial charge in [0.1, 0.15) is 5.75 Å². The molecular formula is C21H25F3N3O3+. The van der Waals surface area contributed by atoms with Crippen molar-refractivity contribution in [1.29, 1.82) is 0 Å². The second-order valence-corrected chi connectivity index (χ2v) is 6.84. The predicted molar refractivity (Wildman–Crippen MR) is 107 cm³/mol. The van der Waals surface area contributed by atoms with E-state index in [4.69, 9.17) is 0 Å². The van der Waals surface area contributed by atoms with Gasteiger partial charge in [0.05, 0.1) is 6.54 Å². The monoisotopic (exact) mass is 424 g/mol. The Kier molecular flexibility index (Phi) is 8.23. The van der Waals surface area contributed by atoms with E-state index in [2.05, 4.69) is 15.4 Å². The summed E-state index contributed by atoms with van der Waals surface area (Å²) in [6.45, 7) is 4.64. The normalized spacial score (nSPS) is 12.2. The summed E-state index contributed by atoms with van der Waals surface area (Å²) in [6, 6.07) is 12.3. The number of aryl methyl sites for hydroxylation is 1. The van der Waals surface area contributed by atoms with Gasteiger partial charge in [-0.1, -0.05) is 25.1 Å². The van der Waals surface area contributed by atoms with Crippen LogP contribution < -0.4 is 20.3 Å². The number of alkyl halides is 3. The summed E-state index contributed by atoms with van der Waals surface area (Å²) in [7, 11) is 0. The lowest BCUT2D eigenvalue weighted by Crippen LogP contribution is -3.14. The molecule has 2 aromatic rings. The van der Waals surface area contributed by atoms with Crippen LogP contribution in [-0.4, -0.2) is 37.8 Å². The Labute approximate surface area is 173 Å². The molecule has 0 spiro atoms. The zero-order valence-corrected chi connectivity index (χ0v) is 16.8. The Morgan fingerprint density at radius 3 is 2.13 bits per heavy atom. The van der Waals surface area contributed by atoms with Crippen LogP contribution in [0, 0.1) is 6.92 Å². The first-order chi connectivity index (χ1) is 14.2. The Morgan fingerprint density at radius 2 is 1.57 bits per heavy atom. The van der Waals surface area contributed by atoms with Crippen LogP contribution in [0.15, 0.2) is 48.5 Å². The second-order valence-electron chi connectivity index (χ2n) is 6.84. The molecule has 0 radical (unpaired) electrons. The molecule has 0 fully saturated rings. The summed E-state index contributed by atoms with van der Waals surface area (Å²) in [4.78, 5) is 25.5. The highest BCUT2D eigenvalue weighted by Crippen LogP contribution is 2.23. The third-order valence-corrected chi connectivity index (χ3v) is 4.22. The van der Waals surface area contributed by atoms with Crippen LogP contribution in [-0.2, 0) is 9.59 Å². The summed E-state index contributed by atoms with van der Waals surface area (Å²) >= 11 is 0. The van der Waals surface area contributed by atoms with E-state index in [1.54, 1.807) is 0 Å². The van der Waals surface area contributed by atoms with E-state index in [-0.39, 0.29) is 30.7 Å². The second kappa shape index (κ2) is 10.6. The number of carbonyl (C=O) groups is 2. The zero-order valence-electron chi connectivity index (χ0n) is 16.8. The van der Waals surface area contributed by atoms with Crippen LogP contribution in [0.25, 0.3) is 0 Å². The Bertz CT molecular complexity index is 855. The maximum Gasteiger partial charge on any atom is 0.573 e. The molecule has 0 saturated carbocycles. The topological polar surface area (TPSA) is 71.9 Å². The molecule has 1 unspecified atom stereocenters. The van der Waals surface area contributed by atoms with Crippen molar-refractivity contribution in [3.05, 3.63) is 54.1 Å². The van der Waals surface area contributed by atoms with Crippen LogP contribution in [0.5, 0.6) is 5.75 Å². The average molecular weight is 424 g/mol. The largest absolute Gasteiger partial charge is 0.573 e. The molecule has 0 aliphatic carbocycles. The van der Waals surface area contributed by atoms with Crippen molar-refractivity contribution in [2.45, 2.75) is 26.6 Å². The highest BCUT2D eigenvalue weighted by Gasteiger charge is 2.31. The fourth-order valence-corrected chi connectivity index (χ4v) is 2.90. The Hall–Kier alpha value is -3.07. The maximum absolute atomic E-state index is 12.4. The first-order valence-electron chi connectivity index (χ1n) is 9.51. The molecule has 2 amide bonds. The molecule has 2 aromatic carbocycles. The van der Waals surface area contributed by atoms with Gasteiger partial charge in [-0.2, -0.15) is 0 Å². The number of halogens is 3. The minimum Gasteiger partial charge on any atom is -0.406 e. The standard InChI is InChI=1S/C21H24F3N3O3/c1-3-12-27(14-20(29)26-18-7-5-4-6-15(18)2)13-19(28)25-16-8-10-17(11-9-16)30-21(22,23)24/h4-11H,3,12-14H2,1-2H3,(H,25,28)(H,26,29)/p+1. The molecule has 0 saturated heterocycles. The quantitative estimate of drug-likeness (QED) is 0.580. The van der Waals surface area contributed by atoms with Crippen molar-refractivity contribution in [2.75, 3.05) is 30.3 Å². The molecule has 0 aromatic heterocycles. The Balaban J connectivity index is 1.90. The predicted octanol–water partition coefficient (Wildman–Crippen LogP) is 2.77. The summed E-state index contributed by atoms with van der Waals surface area (Å²) in [5.74, 6) is -0.910. The summed E-state index contributed by atoms with van der Waals surface area (Å²) in [6.07, 6.45) is -3.99. The molecule has 0 aliphatic rings. The number of hydrogen-bond acceptors (Lipinski definition) is 3. The van der Waals surface area contributed by atoms with E-state index in [1.807, 2.05) is 38.1 Å². The smallest absolute Gasteiger partial charge is 0.406 e. The highest BCUT2D eigenvalue weighted by atomic mass is 19.4. The number of quaternary nitrogens is 1. The van der Waals surface area contributed by atoms with Gasteiger partial charge in [0.15, 0.2) is 13.1 Å². The van der Waals surface area contributed by atoms with Gasteiger partial charge < -0.3 is 20.3 Å². The minimum atomic E-state index is -4.77. The van der Waals surface area contributed by atoms with Gasteiger partial charge >= 0.3 is 6.36 Å². The lowest BCUT2D eigenvalue weighted by molar-refractivity contribution is -0.883. The molecule has 162 valence electrons. The lowest BCUT2D eigenvalue weighted by Gasteiger charge is -2.18. The number of ether oxygens (including phenoxy) is 1. The molecular weight excluding hydrogens is 399 g/mol. The van der Waals surface area contributed by atoms with Gasteiger partial charge in [0.2, 0.25) is 0 Å². The summed E-state index contributed by atoms with van der Waals surface area (Å²) in [5, 5.41) is 5.47. The van der Waals surface area contributed by atoms with Gasteiger partial charge in [0.25, 0.3) is 11.8 Å². The number of benzene rings is 2. The van der Waals surface area contributed by atoms with Crippen LogP contribution in [0.4, 0.5) is 24.5 Å². The number of amides is 2. The third-order valence-electron chi connectivity index (χ3n) is 4.22. The molecule has 6 nitrogen and oxygen atoms in total. The van der Waals surface area contributed by atoms with Crippen LogP contribution in [0.3, 0.4) is 0 Å². The fourth-order valence-electron chi connectivity index (χ4n) is 2.90. The zero-order chi connectivity index (χ0) is 22.1. The lowest BCUT2D eigenvalue weighted by atomic mass is 10.2. The van der Waals surface area contributed by atoms with Gasteiger partial charge in [0, 0.05) is 11.4 Å². The minimum absolute atomic E-state index is 0.0514. The summed E-state index contributed by atoms with van der Waals surface area (Å²) in [5.41, 5.74) is 2.01. The van der Waals surface area contributed by atoms with Gasteiger partial charge in [-0.05, 0) is 49.2 Å². The van der Waals surface area contributed by atoms with E-state index in [0.717, 1.165) is 34.7 Å². The number of para-hydroxylation sites is 1. The van der Waals surface area contributed by atoms with E-state index in [9.17, 15) is 22.8 Å². The molecule has 2 rings (SSSR count). The van der Waals surface area contributed by atoms with Crippen molar-refractivity contribution in [3.63, 3.8) is 0 Å². The third kappa shape index (κ3) is 8.12. The van der Waals surface area contributed by atoms with Crippen molar-refractivity contribution in [1.82, 2.24) is 0 Å². The van der Waals surface area contributed by atoms with Crippen LogP contribution in [0.1, 0.15) is 18.9 Å². The average Bonchev–Trinajstić information content (AvgIpc) is 2.64. The van der Waals surface area contributed by atoms with Gasteiger partial charge in [-0.25, -0.2) is 0 Å².